The molecule has 0 bridgehead atoms. The van der Waals surface area contributed by atoms with Crippen LogP contribution in [0.3, 0.4) is 0 Å². The van der Waals surface area contributed by atoms with Gasteiger partial charge in [-0.25, -0.2) is 0 Å². The number of aliphatic hydroxyl groups excluding tert-OH is 1. The van der Waals surface area contributed by atoms with Crippen molar-refractivity contribution in [1.82, 2.24) is 10.2 Å². The fraction of sp³-hybridized carbons (Fsp3) is 1.00. The normalized spacial score (nSPS) is 24.6. The lowest BCUT2D eigenvalue weighted by Gasteiger charge is -2.31. The highest BCUT2D eigenvalue weighted by Gasteiger charge is 2.14. The minimum absolute atomic E-state index is 0.278. The van der Waals surface area contributed by atoms with Gasteiger partial charge in [-0.1, -0.05) is 0 Å². The predicted octanol–water partition coefficient (Wildman–Crippen LogP) is -0.728. The highest BCUT2D eigenvalue weighted by Crippen LogP contribution is 1.98. The van der Waals surface area contributed by atoms with Gasteiger partial charge in [0.15, 0.2) is 0 Å². The third-order valence-corrected chi connectivity index (χ3v) is 2.04. The van der Waals surface area contributed by atoms with E-state index in [1.54, 1.807) is 0 Å². The Balaban J connectivity index is 2.24. The van der Waals surface area contributed by atoms with Crippen molar-refractivity contribution in [3.8, 4) is 0 Å². The second kappa shape index (κ2) is 3.91. The fourth-order valence-corrected chi connectivity index (χ4v) is 1.24. The Morgan fingerprint density at radius 1 is 1.50 bits per heavy atom. The SMILES string of the molecule is C[C@@H](CO)N1CCNCC1. The summed E-state index contributed by atoms with van der Waals surface area (Å²) in [4.78, 5) is 2.30. The first kappa shape index (κ1) is 7.98. The van der Waals surface area contributed by atoms with Gasteiger partial charge in [0.05, 0.1) is 6.61 Å². The van der Waals surface area contributed by atoms with Gasteiger partial charge < -0.3 is 10.4 Å². The zero-order valence-corrected chi connectivity index (χ0v) is 6.51. The van der Waals surface area contributed by atoms with Gasteiger partial charge in [0, 0.05) is 32.2 Å². The number of hydrogen-bond donors (Lipinski definition) is 2. The van der Waals surface area contributed by atoms with Crippen LogP contribution < -0.4 is 5.32 Å². The van der Waals surface area contributed by atoms with Crippen molar-refractivity contribution in [2.45, 2.75) is 13.0 Å². The molecule has 1 saturated heterocycles. The number of nitrogens with zero attached hydrogens (tertiary/aromatic N) is 1. The van der Waals surface area contributed by atoms with E-state index in [0.29, 0.717) is 6.04 Å². The lowest BCUT2D eigenvalue weighted by Crippen LogP contribution is -2.48. The van der Waals surface area contributed by atoms with Crippen molar-refractivity contribution in [1.29, 1.82) is 0 Å². The summed E-state index contributed by atoms with van der Waals surface area (Å²) in [5, 5.41) is 12.1. The lowest BCUT2D eigenvalue weighted by molar-refractivity contribution is 0.122. The molecule has 0 spiro atoms. The number of aliphatic hydroxyl groups is 1. The van der Waals surface area contributed by atoms with Crippen LogP contribution in [0.25, 0.3) is 0 Å². The Morgan fingerprint density at radius 3 is 2.60 bits per heavy atom. The largest absolute Gasteiger partial charge is 0.395 e. The molecule has 60 valence electrons. The van der Waals surface area contributed by atoms with E-state index < -0.39 is 0 Å². The zero-order valence-electron chi connectivity index (χ0n) is 6.51. The average Bonchev–Trinajstić information content (AvgIpc) is 2.05. The molecular weight excluding hydrogens is 128 g/mol. The van der Waals surface area contributed by atoms with E-state index >= 15 is 0 Å². The number of rotatable bonds is 2. The molecule has 1 fully saturated rings. The topological polar surface area (TPSA) is 35.5 Å². The molecule has 10 heavy (non-hydrogen) atoms. The molecule has 0 unspecified atom stereocenters. The van der Waals surface area contributed by atoms with Crippen molar-refractivity contribution >= 4 is 0 Å². The Labute approximate surface area is 62.0 Å². The Bertz CT molecular complexity index is 91.6. The predicted molar refractivity (Wildman–Crippen MR) is 41.0 cm³/mol. The van der Waals surface area contributed by atoms with Gasteiger partial charge in [0.1, 0.15) is 0 Å². The van der Waals surface area contributed by atoms with Gasteiger partial charge in [-0.2, -0.15) is 0 Å². The quantitative estimate of drug-likeness (QED) is 0.536. The Hall–Kier alpha value is -0.120. The third kappa shape index (κ3) is 1.94. The minimum atomic E-state index is 0.278. The van der Waals surface area contributed by atoms with E-state index in [0.717, 1.165) is 26.2 Å². The Kier molecular flexibility index (Phi) is 3.12. The van der Waals surface area contributed by atoms with Gasteiger partial charge in [0.25, 0.3) is 0 Å². The highest BCUT2D eigenvalue weighted by atomic mass is 16.3. The second-order valence-corrected chi connectivity index (χ2v) is 2.82. The van der Waals surface area contributed by atoms with E-state index in [9.17, 15) is 0 Å². The maximum Gasteiger partial charge on any atom is 0.0584 e. The first-order valence-corrected chi connectivity index (χ1v) is 3.90. The van der Waals surface area contributed by atoms with Gasteiger partial charge in [-0.05, 0) is 6.92 Å². The van der Waals surface area contributed by atoms with E-state index in [4.69, 9.17) is 5.11 Å². The van der Waals surface area contributed by atoms with Gasteiger partial charge in [-0.15, -0.1) is 0 Å². The minimum Gasteiger partial charge on any atom is -0.395 e. The molecule has 1 rings (SSSR count). The molecule has 3 nitrogen and oxygen atoms in total. The standard InChI is InChI=1S/C7H16N2O/c1-7(6-10)9-4-2-8-3-5-9/h7-8,10H,2-6H2,1H3/t7-/m0/s1. The van der Waals surface area contributed by atoms with Crippen LogP contribution in [0, 0.1) is 0 Å². The summed E-state index contributed by atoms with van der Waals surface area (Å²) in [7, 11) is 0. The van der Waals surface area contributed by atoms with Crippen molar-refractivity contribution in [2.75, 3.05) is 32.8 Å². The van der Waals surface area contributed by atoms with Gasteiger partial charge in [-0.3, -0.25) is 4.90 Å². The molecule has 0 amide bonds. The molecule has 1 atom stereocenters. The van der Waals surface area contributed by atoms with Crippen LogP contribution in [0.1, 0.15) is 6.92 Å². The van der Waals surface area contributed by atoms with Crippen LogP contribution in [0.4, 0.5) is 0 Å². The van der Waals surface area contributed by atoms with Crippen LogP contribution in [0.5, 0.6) is 0 Å². The summed E-state index contributed by atoms with van der Waals surface area (Å²) in [6.45, 7) is 6.60. The molecule has 0 aromatic carbocycles. The van der Waals surface area contributed by atoms with Crippen molar-refractivity contribution in [3.63, 3.8) is 0 Å². The molecule has 1 heterocycles. The molecule has 1 aliphatic rings. The first-order valence-electron chi connectivity index (χ1n) is 3.90. The summed E-state index contributed by atoms with van der Waals surface area (Å²) >= 11 is 0. The van der Waals surface area contributed by atoms with E-state index in [-0.39, 0.29) is 6.61 Å². The fourth-order valence-electron chi connectivity index (χ4n) is 1.24. The van der Waals surface area contributed by atoms with Crippen LogP contribution in [0.15, 0.2) is 0 Å². The summed E-state index contributed by atoms with van der Waals surface area (Å²) in [6, 6.07) is 0.335. The first-order chi connectivity index (χ1) is 4.84. The Morgan fingerprint density at radius 2 is 2.10 bits per heavy atom. The van der Waals surface area contributed by atoms with Crippen molar-refractivity contribution in [3.05, 3.63) is 0 Å². The number of nitrogens with one attached hydrogen (secondary N) is 1. The maximum atomic E-state index is 8.82. The summed E-state index contributed by atoms with van der Waals surface area (Å²) in [6.07, 6.45) is 0. The molecule has 1 aliphatic heterocycles. The number of piperazine rings is 1. The van der Waals surface area contributed by atoms with Crippen LogP contribution in [-0.4, -0.2) is 48.8 Å². The molecule has 0 saturated carbocycles. The van der Waals surface area contributed by atoms with Crippen molar-refractivity contribution < 1.29 is 5.11 Å². The van der Waals surface area contributed by atoms with E-state index in [1.165, 1.54) is 0 Å². The van der Waals surface area contributed by atoms with Gasteiger partial charge >= 0.3 is 0 Å². The lowest BCUT2D eigenvalue weighted by atomic mass is 10.2. The molecule has 3 heteroatoms. The van der Waals surface area contributed by atoms with Crippen LogP contribution in [-0.2, 0) is 0 Å². The van der Waals surface area contributed by atoms with Crippen LogP contribution >= 0.6 is 0 Å². The molecule has 2 N–H and O–H groups in total. The van der Waals surface area contributed by atoms with Crippen molar-refractivity contribution in [2.24, 2.45) is 0 Å². The van der Waals surface area contributed by atoms with Crippen LogP contribution in [0.2, 0.25) is 0 Å². The third-order valence-electron chi connectivity index (χ3n) is 2.04. The highest BCUT2D eigenvalue weighted by molar-refractivity contribution is 4.72. The van der Waals surface area contributed by atoms with E-state index in [2.05, 4.69) is 17.1 Å². The molecule has 0 aromatic rings. The smallest absolute Gasteiger partial charge is 0.0584 e. The second-order valence-electron chi connectivity index (χ2n) is 2.82. The maximum absolute atomic E-state index is 8.82. The van der Waals surface area contributed by atoms with Gasteiger partial charge in [0.2, 0.25) is 0 Å². The zero-order chi connectivity index (χ0) is 7.40. The molecular formula is C7H16N2O. The summed E-state index contributed by atoms with van der Waals surface area (Å²) in [5.41, 5.74) is 0. The molecule has 0 aromatic heterocycles. The molecule has 0 radical (unpaired) electrons. The summed E-state index contributed by atoms with van der Waals surface area (Å²) in [5.74, 6) is 0. The average molecular weight is 144 g/mol. The monoisotopic (exact) mass is 144 g/mol. The molecule has 0 aliphatic carbocycles. The van der Waals surface area contributed by atoms with E-state index in [1.807, 2.05) is 0 Å². The number of hydrogen-bond acceptors (Lipinski definition) is 3. The summed E-state index contributed by atoms with van der Waals surface area (Å²) < 4.78 is 0.